The van der Waals surface area contributed by atoms with Crippen LogP contribution < -0.4 is 0 Å². The molecule has 0 aliphatic heterocycles. The number of hydrogen-bond acceptors (Lipinski definition) is 2. The van der Waals surface area contributed by atoms with Crippen molar-refractivity contribution in [2.75, 3.05) is 0 Å². The molecule has 0 bridgehead atoms. The third-order valence-electron chi connectivity index (χ3n) is 0. The Hall–Kier alpha value is 1.44. The van der Waals surface area contributed by atoms with Crippen LogP contribution in [0.3, 0.4) is 0 Å². The van der Waals surface area contributed by atoms with E-state index < -0.39 is 0 Å². The second-order valence-electron chi connectivity index (χ2n) is 0. The fourth-order valence-electron chi connectivity index (χ4n) is 0. The van der Waals surface area contributed by atoms with Gasteiger partial charge < -0.3 is 5.48 Å². The van der Waals surface area contributed by atoms with E-state index in [4.69, 9.17) is 7.08 Å². The van der Waals surface area contributed by atoms with Gasteiger partial charge in [0.05, 0.1) is 0 Å². The van der Waals surface area contributed by atoms with Crippen LogP contribution in [0.2, 0.25) is 0 Å². The van der Waals surface area contributed by atoms with Gasteiger partial charge in [-0.25, -0.2) is 0 Å². The Morgan fingerprint density at radius 3 is 1.17 bits per heavy atom. The van der Waals surface area contributed by atoms with Crippen LogP contribution in [0, 0.1) is 0 Å². The van der Waals surface area contributed by atoms with Crippen LogP contribution in [-0.2, 0) is 69.0 Å². The molecule has 0 saturated carbocycles. The molecular weight excluding hydrogens is 285 g/mol. The van der Waals surface area contributed by atoms with Crippen LogP contribution in [0.15, 0.2) is 0 Å². The summed E-state index contributed by atoms with van der Waals surface area (Å²) in [5.41, 5.74) is 0. The average molecular weight is 285 g/mol. The molecule has 0 saturated heterocycles. The van der Waals surface area contributed by atoms with Crippen molar-refractivity contribution < 1.29 is 69.0 Å². The summed E-state index contributed by atoms with van der Waals surface area (Å²) < 4.78 is 15.9. The molecule has 0 spiro atoms. The van der Waals surface area contributed by atoms with Crippen molar-refractivity contribution in [3.8, 4) is 0 Å². The monoisotopic (exact) mass is 282 g/mol. The fraction of sp³-hybridized carbons (Fsp3) is 0. The maximum atomic E-state index is 8.06. The minimum atomic E-state index is 0. The normalized spacial score (nSPS) is 2.00. The Balaban J connectivity index is -0.00000000500. The van der Waals surface area contributed by atoms with Gasteiger partial charge in [-0.15, -0.1) is 0 Å². The largest absolute Gasteiger partial charge is 2.00 e. The summed E-state index contributed by atoms with van der Waals surface area (Å²) in [7, 11) is 0. The van der Waals surface area contributed by atoms with Crippen molar-refractivity contribution in [2.24, 2.45) is 0 Å². The molecule has 0 aromatic heterocycles. The van der Waals surface area contributed by atoms with Gasteiger partial charge in [-0.2, -0.15) is 0 Å². The maximum Gasteiger partial charge on any atom is 2.00 e. The summed E-state index contributed by atoms with van der Waals surface area (Å²) in [6, 6.07) is 0. The van der Waals surface area contributed by atoms with E-state index in [1.807, 2.05) is 0 Å². The zero-order chi connectivity index (χ0) is 4.00. The van der Waals surface area contributed by atoms with Crippen LogP contribution in [-0.4, -0.2) is 0 Å². The van der Waals surface area contributed by atoms with E-state index in [9.17, 15) is 0 Å². The molecule has 6 heavy (non-hydrogen) atoms. The van der Waals surface area contributed by atoms with Crippen LogP contribution in [0.1, 0.15) is 0 Å². The van der Waals surface area contributed by atoms with Crippen LogP contribution in [0.25, 0.3) is 0 Å². The van der Waals surface area contributed by atoms with Crippen molar-refractivity contribution in [3.05, 3.63) is 0 Å². The van der Waals surface area contributed by atoms with E-state index in [0.29, 0.717) is 0 Å². The van der Waals surface area contributed by atoms with Gasteiger partial charge in [0.1, 0.15) is 0 Å². The Kier molecular flexibility index (Phi) is 398. The van der Waals surface area contributed by atoms with Crippen molar-refractivity contribution in [1.82, 2.24) is 0 Å². The van der Waals surface area contributed by atoms with E-state index >= 15 is 0 Å². The predicted molar refractivity (Wildman–Crippen MR) is 2.06 cm³/mol. The van der Waals surface area contributed by atoms with E-state index in [1.165, 1.54) is 0 Å². The summed E-state index contributed by atoms with van der Waals surface area (Å²) in [6.07, 6.45) is 0. The number of rotatable bonds is 0. The third kappa shape index (κ3) is 51.6. The Morgan fingerprint density at radius 1 is 1.17 bits per heavy atom. The van der Waals surface area contributed by atoms with Gasteiger partial charge in [-0.05, 0) is 0 Å². The molecule has 0 aromatic rings. The van der Waals surface area contributed by atoms with E-state index in [0.717, 1.165) is 0 Å². The smallest absolute Gasteiger partial charge is 2.00 e. The molecule has 0 aliphatic carbocycles. The van der Waals surface area contributed by atoms with Crippen LogP contribution in [0.5, 0.6) is 0 Å². The molecule has 0 unspecified atom stereocenters. The first-order valence-corrected chi connectivity index (χ1v) is 1.24. The van der Waals surface area contributed by atoms with E-state index in [2.05, 4.69) is 15.9 Å². The Labute approximate surface area is 68.6 Å². The molecule has 42 valence electrons. The maximum absolute atomic E-state index is 8.06. The molecule has 0 aliphatic rings. The second kappa shape index (κ2) is 91.7. The van der Waals surface area contributed by atoms with Crippen molar-refractivity contribution in [1.29, 1.82) is 0 Å². The minimum absolute atomic E-state index is 0. The Morgan fingerprint density at radius 2 is 1.17 bits per heavy atom. The molecule has 3 nitrogen and oxygen atoms in total. The zero-order valence-electron chi connectivity index (χ0n) is 2.53. The Bertz CT molecular complexity index is 12.8. The van der Waals surface area contributed by atoms with Crippen LogP contribution >= 0.6 is 0 Å². The van der Waals surface area contributed by atoms with Gasteiger partial charge in [0.25, 0.3) is 0 Å². The quantitative estimate of drug-likeness (QED) is 0.570. The zero-order valence-corrected chi connectivity index (χ0v) is 7.93. The molecule has 6 heteroatoms. The van der Waals surface area contributed by atoms with Gasteiger partial charge in [0.15, 0.2) is 0 Å². The van der Waals surface area contributed by atoms with Crippen LogP contribution in [0.4, 0.5) is 0 Å². The molecule has 0 aromatic carbocycles. The first kappa shape index (κ1) is 26.1. The average Bonchev–Trinajstić information content (AvgIpc) is 1.50. The summed E-state index contributed by atoms with van der Waals surface area (Å²) in [6.45, 7) is 0. The predicted octanol–water partition coefficient (Wildman–Crippen LogP) is -0.364. The molecule has 0 amide bonds. The summed E-state index contributed by atoms with van der Waals surface area (Å²) in [5, 5.41) is 0. The first-order chi connectivity index (χ1) is 2.00. The topological polar surface area (TPSA) is 62.6 Å². The standard InChI is InChI=1S/Ag.Cu.3O.Zn/q;;;;-2;+2. The van der Waals surface area contributed by atoms with Crippen molar-refractivity contribution in [2.45, 2.75) is 0 Å². The first-order valence-electron chi connectivity index (χ1n) is 0.246. The molecule has 0 heterocycles. The summed E-state index contributed by atoms with van der Waals surface area (Å²) in [5.74, 6) is 0. The third-order valence-corrected chi connectivity index (χ3v) is 0. The molecule has 0 atom stereocenters. The fourth-order valence-corrected chi connectivity index (χ4v) is 0. The van der Waals surface area contributed by atoms with Gasteiger partial charge in [0, 0.05) is 0 Å². The minimum Gasteiger partial charge on any atom is 2.00 e. The van der Waals surface area contributed by atoms with E-state index in [1.54, 1.807) is 21.0 Å². The van der Waals surface area contributed by atoms with Crippen molar-refractivity contribution >= 4 is 0 Å². The van der Waals surface area contributed by atoms with E-state index in [-0.39, 0.29) is 25.0 Å². The number of hydrogen-bond donors (Lipinski definition) is 0. The molecule has 0 radical (unpaired) electrons. The van der Waals surface area contributed by atoms with Gasteiger partial charge >= 0.3 is 63.5 Å². The SMILES string of the molecule is [O-2].[O]=[Ag].[O]=[Cu].[Zn+2]. The second-order valence-corrected chi connectivity index (χ2v) is 0. The molecule has 0 N–H and O–H groups in total. The molecule has 0 rings (SSSR count). The summed E-state index contributed by atoms with van der Waals surface area (Å²) >= 11 is 4.64. The summed E-state index contributed by atoms with van der Waals surface area (Å²) in [4.78, 5) is 0. The van der Waals surface area contributed by atoms with Crippen molar-refractivity contribution in [3.63, 3.8) is 0 Å². The van der Waals surface area contributed by atoms with Gasteiger partial charge in [-0.3, -0.25) is 0 Å². The molecule has 0 fully saturated rings. The van der Waals surface area contributed by atoms with Gasteiger partial charge in [0.2, 0.25) is 0 Å². The molecular formula is AgCuO3Zn. The van der Waals surface area contributed by atoms with Gasteiger partial charge in [-0.1, -0.05) is 0 Å².